The smallest absolute Gasteiger partial charge is 0.227 e. The number of rotatable bonds is 6. The molecule has 0 bridgehead atoms. The van der Waals surface area contributed by atoms with Gasteiger partial charge >= 0.3 is 0 Å². The largest absolute Gasteiger partial charge is 0.454 e. The summed E-state index contributed by atoms with van der Waals surface area (Å²) < 4.78 is 14.7. The van der Waals surface area contributed by atoms with E-state index in [2.05, 4.69) is 192 Å². The maximum Gasteiger partial charge on any atom is 0.227 e. The number of fused-ring (bicyclic) bond motifs is 9. The Morgan fingerprint density at radius 3 is 1.56 bits per heavy atom. The molecule has 0 radical (unpaired) electrons. The van der Waals surface area contributed by atoms with Gasteiger partial charge in [0.05, 0.1) is 11.0 Å². The van der Waals surface area contributed by atoms with Crippen molar-refractivity contribution in [2.75, 3.05) is 0 Å². The second kappa shape index (κ2) is 14.0. The number of pyridine rings is 2. The van der Waals surface area contributed by atoms with Gasteiger partial charge in [-0.25, -0.2) is 4.98 Å². The summed E-state index contributed by atoms with van der Waals surface area (Å²) in [4.78, 5) is 9.43. The molecule has 0 fully saturated rings. The lowest BCUT2D eigenvalue weighted by molar-refractivity contribution is 0.654. The molecular weight excluding hydrogens is 771 g/mol. The number of hydrogen-bond donors (Lipinski definition) is 0. The molecule has 8 aromatic carbocycles. The van der Waals surface area contributed by atoms with Crippen LogP contribution in [0.15, 0.2) is 221 Å². The Morgan fingerprint density at radius 2 is 0.857 bits per heavy atom. The monoisotopic (exact) mass is 805 g/mol. The summed E-state index contributed by atoms with van der Waals surface area (Å²) in [5.41, 5.74) is 18.8. The van der Waals surface area contributed by atoms with Crippen molar-refractivity contribution in [3.05, 3.63) is 213 Å². The van der Waals surface area contributed by atoms with Gasteiger partial charge in [-0.1, -0.05) is 109 Å². The predicted molar refractivity (Wildman–Crippen MR) is 258 cm³/mol. The minimum Gasteiger partial charge on any atom is -0.454 e. The molecule has 0 aliphatic rings. The van der Waals surface area contributed by atoms with Crippen molar-refractivity contribution in [3.8, 4) is 61.3 Å². The molecule has 0 N–H and O–H groups in total. The van der Waals surface area contributed by atoms with E-state index in [0.717, 1.165) is 94.2 Å². The number of aromatic nitrogens is 3. The molecule has 0 saturated heterocycles. The van der Waals surface area contributed by atoms with Gasteiger partial charge in [0.15, 0.2) is 5.58 Å². The normalized spacial score (nSPS) is 11.8. The van der Waals surface area contributed by atoms with Gasteiger partial charge in [-0.15, -0.1) is 0 Å². The molecule has 0 spiro atoms. The third-order valence-electron chi connectivity index (χ3n) is 12.5. The lowest BCUT2D eigenvalue weighted by Crippen LogP contribution is -1.92. The molecule has 5 heterocycles. The van der Waals surface area contributed by atoms with E-state index in [1.54, 1.807) is 0 Å². The average Bonchev–Trinajstić information content (AvgIpc) is 4.03. The zero-order valence-corrected chi connectivity index (χ0v) is 33.9. The molecular formula is C58H35N3O2. The van der Waals surface area contributed by atoms with Gasteiger partial charge in [0, 0.05) is 50.6 Å². The molecule has 5 aromatic heterocycles. The van der Waals surface area contributed by atoms with E-state index in [1.165, 1.54) is 27.4 Å². The van der Waals surface area contributed by atoms with Crippen LogP contribution in [0.25, 0.3) is 127 Å². The van der Waals surface area contributed by atoms with E-state index in [0.29, 0.717) is 5.71 Å². The van der Waals surface area contributed by atoms with Crippen molar-refractivity contribution in [1.82, 2.24) is 14.5 Å². The summed E-state index contributed by atoms with van der Waals surface area (Å²) in [5.74, 6) is 0. The van der Waals surface area contributed by atoms with Crippen molar-refractivity contribution in [1.29, 1.82) is 0 Å². The molecule has 0 unspecified atom stereocenters. The van der Waals surface area contributed by atoms with Gasteiger partial charge in [0.25, 0.3) is 0 Å². The van der Waals surface area contributed by atoms with E-state index in [9.17, 15) is 0 Å². The Kier molecular flexibility index (Phi) is 7.84. The average molecular weight is 806 g/mol. The highest BCUT2D eigenvalue weighted by molar-refractivity contribution is 6.11. The van der Waals surface area contributed by atoms with Crippen LogP contribution in [0.3, 0.4) is 0 Å². The number of furan rings is 2. The summed E-state index contributed by atoms with van der Waals surface area (Å²) in [6.07, 6.45) is 3.73. The Hall–Kier alpha value is -8.54. The first-order chi connectivity index (χ1) is 31.2. The molecule has 13 rings (SSSR count). The summed E-state index contributed by atoms with van der Waals surface area (Å²) in [7, 11) is 0. The predicted octanol–water partition coefficient (Wildman–Crippen LogP) is 15.7. The third-order valence-corrected chi connectivity index (χ3v) is 12.5. The van der Waals surface area contributed by atoms with Crippen LogP contribution in [-0.2, 0) is 0 Å². The second-order valence-electron chi connectivity index (χ2n) is 16.2. The highest BCUT2D eigenvalue weighted by Gasteiger charge is 2.16. The van der Waals surface area contributed by atoms with Crippen LogP contribution in [0, 0.1) is 0 Å². The first kappa shape index (κ1) is 35.2. The first-order valence-electron chi connectivity index (χ1n) is 21.2. The third kappa shape index (κ3) is 5.86. The first-order valence-corrected chi connectivity index (χ1v) is 21.2. The van der Waals surface area contributed by atoms with Crippen molar-refractivity contribution < 1.29 is 8.83 Å². The van der Waals surface area contributed by atoms with E-state index in [4.69, 9.17) is 13.8 Å². The molecule has 63 heavy (non-hydrogen) atoms. The fourth-order valence-corrected chi connectivity index (χ4v) is 9.42. The van der Waals surface area contributed by atoms with Crippen LogP contribution in [0.4, 0.5) is 0 Å². The van der Waals surface area contributed by atoms with Crippen molar-refractivity contribution >= 4 is 65.9 Å². The number of nitrogens with zero attached hydrogens (tertiary/aromatic N) is 3. The maximum atomic E-state index is 6.31. The molecule has 0 atom stereocenters. The molecule has 5 heteroatoms. The van der Waals surface area contributed by atoms with Crippen LogP contribution < -0.4 is 0 Å². The minimum atomic E-state index is 0.630. The van der Waals surface area contributed by atoms with Crippen LogP contribution in [0.1, 0.15) is 0 Å². The summed E-state index contributed by atoms with van der Waals surface area (Å²) >= 11 is 0. The molecule has 0 aliphatic heterocycles. The number of benzene rings is 8. The van der Waals surface area contributed by atoms with Crippen LogP contribution >= 0.6 is 0 Å². The van der Waals surface area contributed by atoms with Gasteiger partial charge in [-0.05, 0) is 141 Å². The quantitative estimate of drug-likeness (QED) is 0.168. The Balaban J connectivity index is 0.835. The highest BCUT2D eigenvalue weighted by atomic mass is 16.3. The molecule has 13 aromatic rings. The standard InChI is InChI=1S/C58H35N3O2/c1-2-16-46(17-3-1)61-52-19-5-4-18-47(52)48-31-42(21-24-53(48)61)40-14-8-15-41(30-40)45-34-50-49-32-43(22-25-54(49)63-58(50)60-35-45)38-12-6-10-36(28-38)37-11-7-13-39(29-37)44-23-26-55-51(33-44)57-56(62-55)20-9-27-59-57/h1-35H. The minimum absolute atomic E-state index is 0.630. The molecule has 0 amide bonds. The molecule has 5 nitrogen and oxygen atoms in total. The van der Waals surface area contributed by atoms with Gasteiger partial charge < -0.3 is 13.4 Å². The Bertz CT molecular complexity index is 3930. The zero-order valence-electron chi connectivity index (χ0n) is 33.9. The van der Waals surface area contributed by atoms with Gasteiger partial charge in [0.1, 0.15) is 16.7 Å². The molecule has 0 saturated carbocycles. The fraction of sp³-hybridized carbons (Fsp3) is 0. The van der Waals surface area contributed by atoms with E-state index in [1.807, 2.05) is 30.6 Å². The van der Waals surface area contributed by atoms with Crippen molar-refractivity contribution in [3.63, 3.8) is 0 Å². The van der Waals surface area contributed by atoms with Crippen LogP contribution in [-0.4, -0.2) is 14.5 Å². The van der Waals surface area contributed by atoms with Gasteiger partial charge in [-0.2, -0.15) is 0 Å². The Labute approximate surface area is 361 Å². The van der Waals surface area contributed by atoms with Gasteiger partial charge in [0.2, 0.25) is 5.71 Å². The van der Waals surface area contributed by atoms with E-state index < -0.39 is 0 Å². The number of hydrogen-bond acceptors (Lipinski definition) is 4. The van der Waals surface area contributed by atoms with E-state index >= 15 is 0 Å². The summed E-state index contributed by atoms with van der Waals surface area (Å²) in [6, 6.07) is 71.2. The van der Waals surface area contributed by atoms with Crippen molar-refractivity contribution in [2.24, 2.45) is 0 Å². The highest BCUT2D eigenvalue weighted by Crippen LogP contribution is 2.39. The maximum absolute atomic E-state index is 6.31. The summed E-state index contributed by atoms with van der Waals surface area (Å²) in [6.45, 7) is 0. The SMILES string of the molecule is c1ccc(-n2c3ccccc3c3cc(-c4cccc(-c5cnc6oc7ccc(-c8cccc(-c9cccc(-c%10ccc%11oc%12cccnc%12c%11c%10)c9)c8)cc7c6c5)c4)ccc32)cc1. The lowest BCUT2D eigenvalue weighted by Gasteiger charge is -2.09. The van der Waals surface area contributed by atoms with Crippen LogP contribution in [0.2, 0.25) is 0 Å². The second-order valence-corrected chi connectivity index (χ2v) is 16.2. The van der Waals surface area contributed by atoms with Crippen molar-refractivity contribution in [2.45, 2.75) is 0 Å². The zero-order chi connectivity index (χ0) is 41.4. The lowest BCUT2D eigenvalue weighted by atomic mass is 9.95. The Morgan fingerprint density at radius 1 is 0.317 bits per heavy atom. The van der Waals surface area contributed by atoms with Gasteiger partial charge in [-0.3, -0.25) is 4.98 Å². The topological polar surface area (TPSA) is 57.0 Å². The number of para-hydroxylation sites is 2. The van der Waals surface area contributed by atoms with Crippen LogP contribution in [0.5, 0.6) is 0 Å². The fourth-order valence-electron chi connectivity index (χ4n) is 9.42. The summed E-state index contributed by atoms with van der Waals surface area (Å²) in [5, 5.41) is 5.52. The van der Waals surface area contributed by atoms with E-state index in [-0.39, 0.29) is 0 Å². The molecule has 0 aliphatic carbocycles. The molecule has 294 valence electrons.